The van der Waals surface area contributed by atoms with Crippen molar-refractivity contribution in [1.29, 1.82) is 0 Å². The van der Waals surface area contributed by atoms with E-state index in [-0.39, 0.29) is 0 Å². The van der Waals surface area contributed by atoms with Crippen LogP contribution in [0.15, 0.2) is 0 Å². The number of ether oxygens (including phenoxy) is 1. The highest BCUT2D eigenvalue weighted by Gasteiger charge is 2.21. The zero-order valence-corrected chi connectivity index (χ0v) is 12.0. The zero-order chi connectivity index (χ0) is 12.7. The lowest BCUT2D eigenvalue weighted by Gasteiger charge is -2.35. The van der Waals surface area contributed by atoms with Crippen molar-refractivity contribution in [3.8, 4) is 0 Å². The monoisotopic (exact) mass is 242 g/mol. The first kappa shape index (κ1) is 14.9. The Labute approximate surface area is 107 Å². The van der Waals surface area contributed by atoms with Gasteiger partial charge in [0, 0.05) is 31.3 Å². The summed E-state index contributed by atoms with van der Waals surface area (Å²) in [6.45, 7) is 9.79. The molecule has 1 heterocycles. The fourth-order valence-electron chi connectivity index (χ4n) is 2.44. The standard InChI is InChI=1S/C14H30N2O/c1-12(2)15-9-5-6-13(3)16(4)14-7-10-17-11-8-14/h12-15H,5-11H2,1-4H3. The van der Waals surface area contributed by atoms with Gasteiger partial charge in [0.2, 0.25) is 0 Å². The first-order valence-corrected chi connectivity index (χ1v) is 7.14. The van der Waals surface area contributed by atoms with Crippen molar-refractivity contribution in [1.82, 2.24) is 10.2 Å². The second-order valence-electron chi connectivity index (χ2n) is 5.61. The highest BCUT2D eigenvalue weighted by atomic mass is 16.5. The summed E-state index contributed by atoms with van der Waals surface area (Å²) in [7, 11) is 2.27. The Morgan fingerprint density at radius 2 is 1.88 bits per heavy atom. The predicted molar refractivity (Wildman–Crippen MR) is 73.4 cm³/mol. The number of rotatable bonds is 7. The van der Waals surface area contributed by atoms with E-state index in [0.29, 0.717) is 12.1 Å². The Morgan fingerprint density at radius 3 is 2.47 bits per heavy atom. The molecule has 1 aliphatic heterocycles. The highest BCUT2D eigenvalue weighted by Crippen LogP contribution is 2.17. The van der Waals surface area contributed by atoms with Crippen molar-refractivity contribution in [3.63, 3.8) is 0 Å². The molecule has 1 N–H and O–H groups in total. The van der Waals surface area contributed by atoms with Gasteiger partial charge >= 0.3 is 0 Å². The summed E-state index contributed by atoms with van der Waals surface area (Å²) in [4.78, 5) is 2.55. The van der Waals surface area contributed by atoms with Crippen molar-refractivity contribution in [2.75, 3.05) is 26.8 Å². The molecule has 1 rings (SSSR count). The molecule has 0 amide bonds. The molecule has 17 heavy (non-hydrogen) atoms. The minimum atomic E-state index is 0.610. The fourth-order valence-corrected chi connectivity index (χ4v) is 2.44. The number of hydrogen-bond donors (Lipinski definition) is 1. The Morgan fingerprint density at radius 1 is 1.24 bits per heavy atom. The van der Waals surface area contributed by atoms with Gasteiger partial charge in [-0.05, 0) is 46.2 Å². The average Bonchev–Trinajstić information content (AvgIpc) is 2.34. The quantitative estimate of drug-likeness (QED) is 0.693. The van der Waals surface area contributed by atoms with Crippen molar-refractivity contribution < 1.29 is 4.74 Å². The molecule has 1 atom stereocenters. The molecule has 0 aromatic heterocycles. The third-order valence-electron chi connectivity index (χ3n) is 3.81. The molecule has 0 radical (unpaired) electrons. The molecular formula is C14H30N2O. The molecule has 0 bridgehead atoms. The van der Waals surface area contributed by atoms with Crippen molar-refractivity contribution in [2.45, 2.75) is 64.6 Å². The van der Waals surface area contributed by atoms with Gasteiger partial charge in [-0.25, -0.2) is 0 Å². The maximum atomic E-state index is 5.42. The number of nitrogens with zero attached hydrogens (tertiary/aromatic N) is 1. The van der Waals surface area contributed by atoms with E-state index in [1.165, 1.54) is 25.7 Å². The second kappa shape index (κ2) is 8.06. The number of hydrogen-bond acceptors (Lipinski definition) is 3. The maximum absolute atomic E-state index is 5.42. The van der Waals surface area contributed by atoms with Crippen LogP contribution in [-0.4, -0.2) is 49.8 Å². The van der Waals surface area contributed by atoms with Crippen LogP contribution in [0.25, 0.3) is 0 Å². The Hall–Kier alpha value is -0.120. The van der Waals surface area contributed by atoms with Crippen molar-refractivity contribution >= 4 is 0 Å². The van der Waals surface area contributed by atoms with Gasteiger partial charge in [-0.15, -0.1) is 0 Å². The van der Waals surface area contributed by atoms with Crippen LogP contribution in [0.1, 0.15) is 46.5 Å². The molecule has 3 heteroatoms. The van der Waals surface area contributed by atoms with Crippen LogP contribution < -0.4 is 5.32 Å². The first-order chi connectivity index (χ1) is 8.11. The highest BCUT2D eigenvalue weighted by molar-refractivity contribution is 4.76. The van der Waals surface area contributed by atoms with E-state index in [0.717, 1.165) is 25.8 Å². The summed E-state index contributed by atoms with van der Waals surface area (Å²) in [5.74, 6) is 0. The van der Waals surface area contributed by atoms with Gasteiger partial charge in [-0.2, -0.15) is 0 Å². The van der Waals surface area contributed by atoms with E-state index >= 15 is 0 Å². The third-order valence-corrected chi connectivity index (χ3v) is 3.81. The minimum absolute atomic E-state index is 0.610. The molecule has 0 aromatic carbocycles. The molecule has 1 unspecified atom stereocenters. The Bertz CT molecular complexity index is 191. The second-order valence-corrected chi connectivity index (χ2v) is 5.61. The third kappa shape index (κ3) is 5.84. The largest absolute Gasteiger partial charge is 0.381 e. The van der Waals surface area contributed by atoms with E-state index in [1.54, 1.807) is 0 Å². The maximum Gasteiger partial charge on any atom is 0.0480 e. The Balaban J connectivity index is 2.14. The lowest BCUT2D eigenvalue weighted by molar-refractivity contribution is 0.0296. The van der Waals surface area contributed by atoms with E-state index < -0.39 is 0 Å². The smallest absolute Gasteiger partial charge is 0.0480 e. The van der Waals surface area contributed by atoms with Crippen LogP contribution in [0.5, 0.6) is 0 Å². The minimum Gasteiger partial charge on any atom is -0.381 e. The summed E-state index contributed by atoms with van der Waals surface area (Å²) < 4.78 is 5.42. The predicted octanol–water partition coefficient (Wildman–Crippen LogP) is 2.26. The van der Waals surface area contributed by atoms with Crippen LogP contribution in [0.3, 0.4) is 0 Å². The summed E-state index contributed by atoms with van der Waals surface area (Å²) in [5, 5.41) is 3.48. The molecule has 0 aliphatic carbocycles. The molecular weight excluding hydrogens is 212 g/mol. The van der Waals surface area contributed by atoms with Crippen LogP contribution in [0.2, 0.25) is 0 Å². The molecule has 0 spiro atoms. The Kier molecular flexibility index (Phi) is 7.09. The summed E-state index contributed by atoms with van der Waals surface area (Å²) in [6.07, 6.45) is 4.96. The average molecular weight is 242 g/mol. The normalized spacial score (nSPS) is 20.1. The van der Waals surface area contributed by atoms with Gasteiger partial charge in [0.15, 0.2) is 0 Å². The number of nitrogens with one attached hydrogen (secondary N) is 1. The van der Waals surface area contributed by atoms with Crippen LogP contribution in [-0.2, 0) is 4.74 Å². The fraction of sp³-hybridized carbons (Fsp3) is 1.00. The molecule has 0 saturated carbocycles. The molecule has 1 saturated heterocycles. The summed E-state index contributed by atoms with van der Waals surface area (Å²) >= 11 is 0. The van der Waals surface area contributed by atoms with Gasteiger partial charge in [0.1, 0.15) is 0 Å². The van der Waals surface area contributed by atoms with Crippen molar-refractivity contribution in [3.05, 3.63) is 0 Å². The van der Waals surface area contributed by atoms with Gasteiger partial charge in [0.05, 0.1) is 0 Å². The van der Waals surface area contributed by atoms with Gasteiger partial charge in [-0.1, -0.05) is 13.8 Å². The zero-order valence-electron chi connectivity index (χ0n) is 12.0. The van der Waals surface area contributed by atoms with E-state index in [2.05, 4.69) is 38.0 Å². The van der Waals surface area contributed by atoms with Crippen LogP contribution in [0.4, 0.5) is 0 Å². The molecule has 102 valence electrons. The molecule has 0 aromatic rings. The molecule has 1 fully saturated rings. The topological polar surface area (TPSA) is 24.5 Å². The van der Waals surface area contributed by atoms with Gasteiger partial charge in [0.25, 0.3) is 0 Å². The lowest BCUT2D eigenvalue weighted by Crippen LogP contribution is -2.42. The van der Waals surface area contributed by atoms with E-state index in [9.17, 15) is 0 Å². The van der Waals surface area contributed by atoms with E-state index in [4.69, 9.17) is 4.74 Å². The summed E-state index contributed by atoms with van der Waals surface area (Å²) in [5.41, 5.74) is 0. The van der Waals surface area contributed by atoms with Crippen molar-refractivity contribution in [2.24, 2.45) is 0 Å². The van der Waals surface area contributed by atoms with Crippen LogP contribution in [0, 0.1) is 0 Å². The molecule has 3 nitrogen and oxygen atoms in total. The lowest BCUT2D eigenvalue weighted by atomic mass is 10.0. The SMILES string of the molecule is CC(C)NCCCC(C)N(C)C1CCOCC1. The van der Waals surface area contributed by atoms with Gasteiger partial charge < -0.3 is 15.0 Å². The van der Waals surface area contributed by atoms with E-state index in [1.807, 2.05) is 0 Å². The van der Waals surface area contributed by atoms with Gasteiger partial charge in [-0.3, -0.25) is 0 Å². The summed E-state index contributed by atoms with van der Waals surface area (Å²) in [6, 6.07) is 2.03. The van der Waals surface area contributed by atoms with Crippen LogP contribution >= 0.6 is 0 Å². The molecule has 1 aliphatic rings. The first-order valence-electron chi connectivity index (χ1n) is 7.14.